The first kappa shape index (κ1) is 16.4. The number of piperazine rings is 1. The van der Waals surface area contributed by atoms with E-state index in [1.807, 2.05) is 0 Å². The van der Waals surface area contributed by atoms with Crippen molar-refractivity contribution in [2.45, 2.75) is 45.4 Å². The summed E-state index contributed by atoms with van der Waals surface area (Å²) < 4.78 is 0.858. The van der Waals surface area contributed by atoms with E-state index < -0.39 is 0 Å². The van der Waals surface area contributed by atoms with Gasteiger partial charge in [-0.05, 0) is 12.8 Å². The summed E-state index contributed by atoms with van der Waals surface area (Å²) in [5, 5.41) is 6.44. The largest absolute Gasteiger partial charge is 0.314 e. The van der Waals surface area contributed by atoms with Crippen LogP contribution in [0.15, 0.2) is 0 Å². The van der Waals surface area contributed by atoms with Crippen molar-refractivity contribution in [2.75, 3.05) is 26.2 Å². The number of thiol groups is 1. The Labute approximate surface area is 111 Å². The van der Waals surface area contributed by atoms with Crippen molar-refractivity contribution in [1.29, 1.82) is 0 Å². The van der Waals surface area contributed by atoms with Gasteiger partial charge in [0.25, 0.3) is 0 Å². The number of hydrogen-bond donors (Lipinski definition) is 3. The Balaban J connectivity index is 0.000000315. The van der Waals surface area contributed by atoms with E-state index in [1.54, 1.807) is 0 Å². The molecule has 2 nitrogen and oxygen atoms in total. The topological polar surface area (TPSA) is 24.1 Å². The van der Waals surface area contributed by atoms with Crippen LogP contribution in [0.4, 0.5) is 0 Å². The molecule has 1 aliphatic heterocycles. The fraction of sp³-hybridized carbons (Fsp3) is 0.917. The molecule has 1 heterocycles. The van der Waals surface area contributed by atoms with Gasteiger partial charge in [0.2, 0.25) is 0 Å². The quantitative estimate of drug-likeness (QED) is 0.390. The monoisotopic (exact) mass is 262 g/mol. The van der Waals surface area contributed by atoms with Crippen molar-refractivity contribution >= 4 is 29.0 Å². The van der Waals surface area contributed by atoms with E-state index in [-0.39, 0.29) is 0 Å². The van der Waals surface area contributed by atoms with E-state index in [2.05, 4.69) is 30.2 Å². The summed E-state index contributed by atoms with van der Waals surface area (Å²) in [4.78, 5) is 0. The molecule has 0 spiro atoms. The smallest absolute Gasteiger partial charge is 0.0448 e. The molecule has 1 rings (SSSR count). The highest BCUT2D eigenvalue weighted by Crippen LogP contribution is 2.06. The predicted octanol–water partition coefficient (Wildman–Crippen LogP) is 2.78. The lowest BCUT2D eigenvalue weighted by Gasteiger charge is -2.11. The van der Waals surface area contributed by atoms with Gasteiger partial charge in [0.15, 0.2) is 0 Å². The maximum absolute atomic E-state index is 4.84. The van der Waals surface area contributed by atoms with E-state index in [0.717, 1.165) is 36.8 Å². The van der Waals surface area contributed by atoms with Gasteiger partial charge in [-0.15, -0.1) is 12.6 Å². The van der Waals surface area contributed by atoms with Crippen molar-refractivity contribution in [2.24, 2.45) is 0 Å². The highest BCUT2D eigenvalue weighted by atomic mass is 32.1. The summed E-state index contributed by atoms with van der Waals surface area (Å²) in [7, 11) is 0. The molecule has 4 heteroatoms. The molecule has 0 atom stereocenters. The van der Waals surface area contributed by atoms with Gasteiger partial charge in [0.05, 0.1) is 0 Å². The van der Waals surface area contributed by atoms with Crippen molar-refractivity contribution in [3.8, 4) is 0 Å². The molecule has 96 valence electrons. The lowest BCUT2D eigenvalue weighted by atomic mass is 10.1. The van der Waals surface area contributed by atoms with Gasteiger partial charge in [0, 0.05) is 30.4 Å². The third-order valence-corrected chi connectivity index (χ3v) is 2.88. The van der Waals surface area contributed by atoms with Crippen LogP contribution in [-0.2, 0) is 0 Å². The standard InChI is InChI=1S/C8H16S2.C4H10N2/c1-2-3-4-5-6-7-8(9)10;1-2-6-4-3-5-1/h2-7H2,1H3,(H,9,10);5-6H,1-4H2. The van der Waals surface area contributed by atoms with Crippen molar-refractivity contribution in [3.05, 3.63) is 0 Å². The third kappa shape index (κ3) is 14.4. The molecule has 0 amide bonds. The zero-order valence-electron chi connectivity index (χ0n) is 10.4. The minimum atomic E-state index is 0.858. The summed E-state index contributed by atoms with van der Waals surface area (Å²) in [6, 6.07) is 0. The molecule has 0 bridgehead atoms. The first-order chi connectivity index (χ1) is 7.77. The molecule has 0 saturated carbocycles. The van der Waals surface area contributed by atoms with Gasteiger partial charge in [-0.2, -0.15) is 0 Å². The second-order valence-corrected chi connectivity index (χ2v) is 5.39. The summed E-state index contributed by atoms with van der Waals surface area (Å²) in [5.74, 6) is 0. The number of nitrogens with one attached hydrogen (secondary N) is 2. The summed E-state index contributed by atoms with van der Waals surface area (Å²) in [6.07, 6.45) is 7.58. The van der Waals surface area contributed by atoms with E-state index in [4.69, 9.17) is 12.2 Å². The molecule has 0 radical (unpaired) electrons. The maximum Gasteiger partial charge on any atom is 0.0448 e. The second kappa shape index (κ2) is 13.4. The van der Waals surface area contributed by atoms with Crippen LogP contribution in [0.25, 0.3) is 0 Å². The van der Waals surface area contributed by atoms with E-state index in [1.165, 1.54) is 32.1 Å². The van der Waals surface area contributed by atoms with Crippen molar-refractivity contribution in [1.82, 2.24) is 10.6 Å². The van der Waals surface area contributed by atoms with Crippen LogP contribution in [0.3, 0.4) is 0 Å². The Morgan fingerprint density at radius 2 is 1.50 bits per heavy atom. The Morgan fingerprint density at radius 3 is 1.88 bits per heavy atom. The number of unbranched alkanes of at least 4 members (excludes halogenated alkanes) is 4. The van der Waals surface area contributed by atoms with E-state index in [9.17, 15) is 0 Å². The Bertz CT molecular complexity index is 148. The minimum absolute atomic E-state index is 0.858. The lowest BCUT2D eigenvalue weighted by Crippen LogP contribution is -2.39. The Hall–Kier alpha value is 0.360. The highest BCUT2D eigenvalue weighted by molar-refractivity contribution is 8.11. The molecular weight excluding hydrogens is 236 g/mol. The molecular formula is C12H26N2S2. The molecule has 0 aliphatic carbocycles. The molecule has 0 unspecified atom stereocenters. The van der Waals surface area contributed by atoms with E-state index >= 15 is 0 Å². The van der Waals surface area contributed by atoms with Gasteiger partial charge in [-0.3, -0.25) is 0 Å². The summed E-state index contributed by atoms with van der Waals surface area (Å²) in [5.41, 5.74) is 0. The van der Waals surface area contributed by atoms with Crippen LogP contribution in [0, 0.1) is 0 Å². The molecule has 0 aromatic rings. The number of thiocarbonyl (C=S) groups is 1. The number of hydrogen-bond acceptors (Lipinski definition) is 3. The van der Waals surface area contributed by atoms with Crippen LogP contribution in [-0.4, -0.2) is 30.4 Å². The average Bonchev–Trinajstić information content (AvgIpc) is 2.31. The average molecular weight is 262 g/mol. The second-order valence-electron chi connectivity index (χ2n) is 4.06. The van der Waals surface area contributed by atoms with Gasteiger partial charge in [-0.25, -0.2) is 0 Å². The molecule has 2 N–H and O–H groups in total. The van der Waals surface area contributed by atoms with Crippen molar-refractivity contribution < 1.29 is 0 Å². The first-order valence-corrected chi connectivity index (χ1v) is 7.26. The van der Waals surface area contributed by atoms with Crippen molar-refractivity contribution in [3.63, 3.8) is 0 Å². The molecule has 16 heavy (non-hydrogen) atoms. The lowest BCUT2D eigenvalue weighted by molar-refractivity contribution is 0.534. The number of rotatable bonds is 6. The van der Waals surface area contributed by atoms with Gasteiger partial charge < -0.3 is 10.6 Å². The van der Waals surface area contributed by atoms with Crippen LogP contribution in [0.2, 0.25) is 0 Å². The Kier molecular flexibility index (Phi) is 13.7. The molecule has 0 aromatic carbocycles. The van der Waals surface area contributed by atoms with Crippen LogP contribution in [0.1, 0.15) is 45.4 Å². The fourth-order valence-corrected chi connectivity index (χ4v) is 1.79. The van der Waals surface area contributed by atoms with E-state index in [0.29, 0.717) is 0 Å². The molecule has 1 fully saturated rings. The SMILES string of the molecule is C1CNCCN1.CCCCCCCC(=S)S. The summed E-state index contributed by atoms with van der Waals surface area (Å²) >= 11 is 8.89. The van der Waals surface area contributed by atoms with Gasteiger partial charge in [-0.1, -0.05) is 44.8 Å². The Morgan fingerprint density at radius 1 is 1.00 bits per heavy atom. The summed E-state index contributed by atoms with van der Waals surface area (Å²) in [6.45, 7) is 6.78. The van der Waals surface area contributed by atoms with Gasteiger partial charge in [0.1, 0.15) is 0 Å². The predicted molar refractivity (Wildman–Crippen MR) is 80.7 cm³/mol. The van der Waals surface area contributed by atoms with Crippen LogP contribution < -0.4 is 10.6 Å². The van der Waals surface area contributed by atoms with Crippen LogP contribution in [0.5, 0.6) is 0 Å². The zero-order chi connectivity index (χ0) is 12.1. The maximum atomic E-state index is 4.84. The minimum Gasteiger partial charge on any atom is -0.314 e. The highest BCUT2D eigenvalue weighted by Gasteiger charge is 1.91. The molecule has 1 aliphatic rings. The van der Waals surface area contributed by atoms with Crippen LogP contribution >= 0.6 is 24.8 Å². The fourth-order valence-electron chi connectivity index (χ4n) is 1.48. The normalized spacial score (nSPS) is 15.1. The third-order valence-electron chi connectivity index (χ3n) is 2.45. The van der Waals surface area contributed by atoms with Gasteiger partial charge >= 0.3 is 0 Å². The molecule has 1 saturated heterocycles. The first-order valence-electron chi connectivity index (χ1n) is 6.40. The zero-order valence-corrected chi connectivity index (χ0v) is 12.1. The molecule has 0 aromatic heterocycles.